The molecule has 2 heterocycles. The monoisotopic (exact) mass is 299 g/mol. The zero-order valence-corrected chi connectivity index (χ0v) is 12.3. The third kappa shape index (κ3) is 2.36. The molecule has 0 radical (unpaired) electrons. The lowest BCUT2D eigenvalue weighted by molar-refractivity contribution is 0.475. The van der Waals surface area contributed by atoms with Gasteiger partial charge in [0, 0.05) is 6.07 Å². The molecule has 0 aliphatic heterocycles. The van der Waals surface area contributed by atoms with E-state index in [4.69, 9.17) is 16.3 Å². The maximum absolute atomic E-state index is 6.35. The number of ether oxygens (including phenoxy) is 1. The fraction of sp³-hybridized carbons (Fsp3) is 0.250. The van der Waals surface area contributed by atoms with Crippen LogP contribution in [-0.4, -0.2) is 14.6 Å². The summed E-state index contributed by atoms with van der Waals surface area (Å²) in [5, 5.41) is 4.75. The smallest absolute Gasteiger partial charge is 0.183 e. The molecule has 21 heavy (non-hydrogen) atoms. The Labute approximate surface area is 127 Å². The van der Waals surface area contributed by atoms with Gasteiger partial charge in [-0.25, -0.2) is 4.98 Å². The molecule has 1 fully saturated rings. The molecule has 4 rings (SSSR count). The second-order valence-electron chi connectivity index (χ2n) is 5.42. The van der Waals surface area contributed by atoms with Crippen LogP contribution in [-0.2, 0) is 0 Å². The van der Waals surface area contributed by atoms with Crippen molar-refractivity contribution in [3.8, 4) is 11.5 Å². The first-order chi connectivity index (χ1) is 10.2. The van der Waals surface area contributed by atoms with Gasteiger partial charge in [-0.1, -0.05) is 23.7 Å². The van der Waals surface area contributed by atoms with E-state index in [0.29, 0.717) is 16.8 Å². The normalized spacial score (nSPS) is 14.6. The van der Waals surface area contributed by atoms with Gasteiger partial charge in [0.25, 0.3) is 0 Å². The Morgan fingerprint density at radius 2 is 2.14 bits per heavy atom. The van der Waals surface area contributed by atoms with Crippen LogP contribution in [0.1, 0.15) is 30.0 Å². The summed E-state index contributed by atoms with van der Waals surface area (Å²) in [5.41, 5.74) is 2.92. The van der Waals surface area contributed by atoms with E-state index >= 15 is 0 Å². The quantitative estimate of drug-likeness (QED) is 0.675. The van der Waals surface area contributed by atoms with Crippen LogP contribution in [0.4, 0.5) is 0 Å². The maximum Gasteiger partial charge on any atom is 0.183 e. The highest BCUT2D eigenvalue weighted by Gasteiger charge is 2.23. The van der Waals surface area contributed by atoms with Crippen molar-refractivity contribution in [2.24, 2.45) is 0 Å². The van der Waals surface area contributed by atoms with Gasteiger partial charge in [0.15, 0.2) is 16.5 Å². The molecule has 0 saturated heterocycles. The van der Waals surface area contributed by atoms with Crippen molar-refractivity contribution in [3.05, 3.63) is 52.9 Å². The average Bonchev–Trinajstić information content (AvgIpc) is 3.25. The Hall–Kier alpha value is -2.07. The Morgan fingerprint density at radius 1 is 1.29 bits per heavy atom. The van der Waals surface area contributed by atoms with Crippen molar-refractivity contribution < 1.29 is 4.74 Å². The standard InChI is InChI=1S/C16H14ClN3O/c1-10-7-15-18-9-14(16(17)20(15)19-10)21-13-4-2-3-12(8-13)11-5-6-11/h2-4,7-9,11H,5-6H2,1H3. The number of aryl methyl sites for hydroxylation is 1. The van der Waals surface area contributed by atoms with E-state index in [0.717, 1.165) is 17.1 Å². The molecule has 0 amide bonds. The van der Waals surface area contributed by atoms with Gasteiger partial charge >= 0.3 is 0 Å². The van der Waals surface area contributed by atoms with Gasteiger partial charge in [0.05, 0.1) is 11.9 Å². The molecule has 106 valence electrons. The van der Waals surface area contributed by atoms with Gasteiger partial charge in [-0.15, -0.1) is 0 Å². The van der Waals surface area contributed by atoms with Crippen LogP contribution in [0.2, 0.25) is 5.15 Å². The summed E-state index contributed by atoms with van der Waals surface area (Å²) in [6, 6.07) is 10.0. The lowest BCUT2D eigenvalue weighted by atomic mass is 10.1. The van der Waals surface area contributed by atoms with Crippen LogP contribution in [0, 0.1) is 6.92 Å². The first-order valence-corrected chi connectivity index (χ1v) is 7.37. The molecular formula is C16H14ClN3O. The molecule has 0 spiro atoms. The van der Waals surface area contributed by atoms with Crippen molar-refractivity contribution in [3.63, 3.8) is 0 Å². The fourth-order valence-electron chi connectivity index (χ4n) is 2.45. The summed E-state index contributed by atoms with van der Waals surface area (Å²) in [6.45, 7) is 1.91. The van der Waals surface area contributed by atoms with Crippen molar-refractivity contribution in [2.75, 3.05) is 0 Å². The maximum atomic E-state index is 6.35. The summed E-state index contributed by atoms with van der Waals surface area (Å²) >= 11 is 6.35. The molecule has 0 N–H and O–H groups in total. The highest BCUT2D eigenvalue weighted by atomic mass is 35.5. The Kier molecular flexibility index (Phi) is 2.86. The molecule has 1 aliphatic rings. The van der Waals surface area contributed by atoms with E-state index in [1.807, 2.05) is 25.1 Å². The molecule has 2 aromatic heterocycles. The van der Waals surface area contributed by atoms with Gasteiger partial charge in [-0.2, -0.15) is 9.61 Å². The van der Waals surface area contributed by atoms with Crippen LogP contribution in [0.25, 0.3) is 5.65 Å². The third-order valence-electron chi connectivity index (χ3n) is 3.65. The van der Waals surface area contributed by atoms with Crippen molar-refractivity contribution in [2.45, 2.75) is 25.7 Å². The molecule has 0 atom stereocenters. The van der Waals surface area contributed by atoms with E-state index in [1.165, 1.54) is 18.4 Å². The first-order valence-electron chi connectivity index (χ1n) is 6.99. The number of aromatic nitrogens is 3. The second-order valence-corrected chi connectivity index (χ2v) is 5.78. The van der Waals surface area contributed by atoms with E-state index < -0.39 is 0 Å². The lowest BCUT2D eigenvalue weighted by Crippen LogP contribution is -1.96. The summed E-state index contributed by atoms with van der Waals surface area (Å²) in [6.07, 6.45) is 4.18. The van der Waals surface area contributed by atoms with E-state index in [1.54, 1.807) is 10.7 Å². The Morgan fingerprint density at radius 3 is 2.95 bits per heavy atom. The molecule has 1 saturated carbocycles. The van der Waals surface area contributed by atoms with Gasteiger partial charge in [0.2, 0.25) is 0 Å². The van der Waals surface area contributed by atoms with Crippen molar-refractivity contribution >= 4 is 17.2 Å². The van der Waals surface area contributed by atoms with Crippen molar-refractivity contribution in [1.82, 2.24) is 14.6 Å². The molecule has 0 bridgehead atoms. The molecule has 5 heteroatoms. The van der Waals surface area contributed by atoms with Crippen LogP contribution in [0.15, 0.2) is 36.5 Å². The summed E-state index contributed by atoms with van der Waals surface area (Å²) in [5.74, 6) is 1.99. The van der Waals surface area contributed by atoms with Gasteiger partial charge in [-0.05, 0) is 43.4 Å². The number of halogens is 1. The summed E-state index contributed by atoms with van der Waals surface area (Å²) < 4.78 is 7.48. The molecule has 0 unspecified atom stereocenters. The van der Waals surface area contributed by atoms with Gasteiger partial charge in [0.1, 0.15) is 5.75 Å². The topological polar surface area (TPSA) is 39.4 Å². The number of benzene rings is 1. The second kappa shape index (κ2) is 4.74. The minimum atomic E-state index is 0.435. The SMILES string of the molecule is Cc1cc2ncc(Oc3cccc(C4CC4)c3)c(Cl)n2n1. The molecule has 4 nitrogen and oxygen atoms in total. The zero-order chi connectivity index (χ0) is 14.4. The van der Waals surface area contributed by atoms with E-state index in [9.17, 15) is 0 Å². The third-order valence-corrected chi connectivity index (χ3v) is 4.00. The van der Waals surface area contributed by atoms with Gasteiger partial charge in [-0.3, -0.25) is 0 Å². The zero-order valence-electron chi connectivity index (χ0n) is 11.6. The van der Waals surface area contributed by atoms with Crippen LogP contribution >= 0.6 is 11.6 Å². The van der Waals surface area contributed by atoms with Crippen LogP contribution in [0.3, 0.4) is 0 Å². The number of rotatable bonds is 3. The van der Waals surface area contributed by atoms with Crippen LogP contribution < -0.4 is 4.74 Å². The molecule has 1 aromatic carbocycles. The number of hydrogen-bond donors (Lipinski definition) is 0. The summed E-state index contributed by atoms with van der Waals surface area (Å²) in [7, 11) is 0. The number of nitrogens with zero attached hydrogens (tertiary/aromatic N) is 3. The van der Waals surface area contributed by atoms with Gasteiger partial charge < -0.3 is 4.74 Å². The van der Waals surface area contributed by atoms with E-state index in [-0.39, 0.29) is 0 Å². The molecular weight excluding hydrogens is 286 g/mol. The first kappa shape index (κ1) is 12.7. The van der Waals surface area contributed by atoms with Crippen molar-refractivity contribution in [1.29, 1.82) is 0 Å². The molecule has 1 aliphatic carbocycles. The Balaban J connectivity index is 1.70. The minimum Gasteiger partial charge on any atom is -0.452 e. The Bertz CT molecular complexity index is 824. The van der Waals surface area contributed by atoms with Crippen LogP contribution in [0.5, 0.6) is 11.5 Å². The predicted octanol–water partition coefficient (Wildman–Crippen LogP) is 4.36. The van der Waals surface area contributed by atoms with E-state index in [2.05, 4.69) is 22.2 Å². The summed E-state index contributed by atoms with van der Waals surface area (Å²) in [4.78, 5) is 4.32. The average molecular weight is 300 g/mol. The minimum absolute atomic E-state index is 0.435. The highest BCUT2D eigenvalue weighted by Crippen LogP contribution is 2.41. The predicted molar refractivity (Wildman–Crippen MR) is 81.2 cm³/mol. The molecule has 3 aromatic rings. The number of fused-ring (bicyclic) bond motifs is 1. The number of hydrogen-bond acceptors (Lipinski definition) is 3. The fourth-order valence-corrected chi connectivity index (χ4v) is 2.66. The lowest BCUT2D eigenvalue weighted by Gasteiger charge is -2.09. The highest BCUT2D eigenvalue weighted by molar-refractivity contribution is 6.31. The largest absolute Gasteiger partial charge is 0.452 e.